The summed E-state index contributed by atoms with van der Waals surface area (Å²) in [5.41, 5.74) is 0.0943. The van der Waals surface area contributed by atoms with Gasteiger partial charge in [0.1, 0.15) is 29.9 Å². The molecule has 0 amide bonds. The Morgan fingerprint density at radius 3 is 2.62 bits per heavy atom. The summed E-state index contributed by atoms with van der Waals surface area (Å²) in [5.74, 6) is -0.856. The molecule has 1 saturated carbocycles. The summed E-state index contributed by atoms with van der Waals surface area (Å²) in [6, 6.07) is 8.81. The summed E-state index contributed by atoms with van der Waals surface area (Å²) in [6.07, 6.45) is 14.8. The quantitative estimate of drug-likeness (QED) is 0.248. The SMILES string of the molecule is C[C@@H](n1cc2cc(N(CC3CCCCC3)CC3CCCCO3)ccc2n1)[C@](O)(Cn1cncn1)c1ccc(F)cc1F. The normalized spacial score (nSPS) is 20.4. The highest BCUT2D eigenvalue weighted by atomic mass is 19.1. The average molecular weight is 579 g/mol. The first-order valence-corrected chi connectivity index (χ1v) is 15.2. The highest BCUT2D eigenvalue weighted by Gasteiger charge is 2.41. The molecule has 0 spiro atoms. The largest absolute Gasteiger partial charge is 0.381 e. The van der Waals surface area contributed by atoms with E-state index in [1.807, 2.05) is 12.3 Å². The molecule has 0 bridgehead atoms. The lowest BCUT2D eigenvalue weighted by molar-refractivity contribution is -0.0366. The maximum absolute atomic E-state index is 15.1. The van der Waals surface area contributed by atoms with Crippen molar-refractivity contribution in [2.75, 3.05) is 24.6 Å². The van der Waals surface area contributed by atoms with Crippen LogP contribution in [0.15, 0.2) is 55.2 Å². The fourth-order valence-electron chi connectivity index (χ4n) is 6.65. The summed E-state index contributed by atoms with van der Waals surface area (Å²) < 4.78 is 38.1. The van der Waals surface area contributed by atoms with Crippen LogP contribution in [0.25, 0.3) is 10.9 Å². The van der Waals surface area contributed by atoms with E-state index in [0.29, 0.717) is 5.92 Å². The zero-order valence-corrected chi connectivity index (χ0v) is 24.2. The molecule has 3 atom stereocenters. The number of aromatic nitrogens is 5. The minimum Gasteiger partial charge on any atom is -0.381 e. The van der Waals surface area contributed by atoms with Crippen molar-refractivity contribution in [3.05, 3.63) is 72.4 Å². The van der Waals surface area contributed by atoms with Crippen LogP contribution in [0.3, 0.4) is 0 Å². The Kier molecular flexibility index (Phi) is 8.53. The number of rotatable bonds is 10. The Balaban J connectivity index is 1.31. The second kappa shape index (κ2) is 12.5. The van der Waals surface area contributed by atoms with Gasteiger partial charge in [0.05, 0.1) is 24.2 Å². The number of hydrogen-bond donors (Lipinski definition) is 1. The van der Waals surface area contributed by atoms with Crippen molar-refractivity contribution in [1.82, 2.24) is 24.5 Å². The minimum absolute atomic E-state index is 0.0294. The van der Waals surface area contributed by atoms with E-state index in [2.05, 4.69) is 27.1 Å². The van der Waals surface area contributed by atoms with Gasteiger partial charge in [-0.05, 0) is 69.2 Å². The van der Waals surface area contributed by atoms with Crippen LogP contribution in [0.1, 0.15) is 69.9 Å². The van der Waals surface area contributed by atoms with Gasteiger partial charge in [-0.1, -0.05) is 25.3 Å². The number of halogens is 2. The summed E-state index contributed by atoms with van der Waals surface area (Å²) in [7, 11) is 0. The van der Waals surface area contributed by atoms with Gasteiger partial charge in [-0.3, -0.25) is 4.68 Å². The average Bonchev–Trinajstić information content (AvgIpc) is 3.67. The predicted octanol–water partition coefficient (Wildman–Crippen LogP) is 6.01. The maximum Gasteiger partial charge on any atom is 0.137 e. The number of hydrogen-bond acceptors (Lipinski definition) is 6. The molecule has 2 fully saturated rings. The van der Waals surface area contributed by atoms with Gasteiger partial charge in [-0.25, -0.2) is 18.4 Å². The van der Waals surface area contributed by atoms with E-state index in [9.17, 15) is 9.50 Å². The lowest BCUT2D eigenvalue weighted by atomic mass is 9.86. The summed E-state index contributed by atoms with van der Waals surface area (Å²) in [4.78, 5) is 6.45. The van der Waals surface area contributed by atoms with E-state index in [1.54, 1.807) is 11.6 Å². The van der Waals surface area contributed by atoms with Gasteiger partial charge in [0.2, 0.25) is 0 Å². The lowest BCUT2D eigenvalue weighted by Gasteiger charge is -2.35. The molecule has 4 aromatic rings. The monoisotopic (exact) mass is 578 g/mol. The van der Waals surface area contributed by atoms with Crippen LogP contribution < -0.4 is 4.90 Å². The van der Waals surface area contributed by atoms with E-state index >= 15 is 4.39 Å². The van der Waals surface area contributed by atoms with Gasteiger partial charge in [-0.15, -0.1) is 0 Å². The van der Waals surface area contributed by atoms with E-state index < -0.39 is 23.3 Å². The molecular formula is C32H40F2N6O2. The molecule has 224 valence electrons. The van der Waals surface area contributed by atoms with Crippen molar-refractivity contribution in [3.63, 3.8) is 0 Å². The molecular weight excluding hydrogens is 538 g/mol. The molecule has 3 heterocycles. The standard InChI is InChI=1S/C32H40F2N6O2/c1-23(32(41,20-39-22-35-21-36-39)29-12-10-26(33)16-30(29)34)40-18-25-15-27(11-13-31(25)37-40)38(17-24-7-3-2-4-8-24)19-28-9-5-6-14-42-28/h10-13,15-16,18,21-24,28,41H,2-9,14,17,19-20H2,1H3/t23-,28?,32-/m1/s1. The van der Waals surface area contributed by atoms with Gasteiger partial charge < -0.3 is 14.7 Å². The molecule has 1 aliphatic carbocycles. The Hall–Kier alpha value is -3.37. The Morgan fingerprint density at radius 1 is 1.05 bits per heavy atom. The number of fused-ring (bicyclic) bond motifs is 1. The Morgan fingerprint density at radius 2 is 1.88 bits per heavy atom. The van der Waals surface area contributed by atoms with E-state index in [0.717, 1.165) is 61.3 Å². The smallest absolute Gasteiger partial charge is 0.137 e. The van der Waals surface area contributed by atoms with Gasteiger partial charge >= 0.3 is 0 Å². The second-order valence-electron chi connectivity index (χ2n) is 12.1. The number of nitrogens with zero attached hydrogens (tertiary/aromatic N) is 6. The van der Waals surface area contributed by atoms with E-state index in [-0.39, 0.29) is 18.2 Å². The molecule has 2 aromatic heterocycles. The van der Waals surface area contributed by atoms with Crippen LogP contribution in [0.2, 0.25) is 0 Å². The third kappa shape index (κ3) is 6.20. The second-order valence-corrected chi connectivity index (χ2v) is 12.1. The number of ether oxygens (including phenoxy) is 1. The number of anilines is 1. The van der Waals surface area contributed by atoms with E-state index in [1.165, 1.54) is 61.9 Å². The fourth-order valence-corrected chi connectivity index (χ4v) is 6.65. The minimum atomic E-state index is -1.79. The first-order chi connectivity index (χ1) is 20.4. The van der Waals surface area contributed by atoms with Gasteiger partial charge in [0, 0.05) is 48.6 Å². The topological polar surface area (TPSA) is 81.2 Å². The first-order valence-electron chi connectivity index (χ1n) is 15.2. The summed E-state index contributed by atoms with van der Waals surface area (Å²) >= 11 is 0. The maximum atomic E-state index is 15.1. The molecule has 2 aliphatic rings. The highest BCUT2D eigenvalue weighted by Crippen LogP contribution is 2.37. The number of benzene rings is 2. The predicted molar refractivity (Wildman–Crippen MR) is 157 cm³/mol. The van der Waals surface area contributed by atoms with Crippen LogP contribution in [0.4, 0.5) is 14.5 Å². The van der Waals surface area contributed by atoms with Crippen molar-refractivity contribution < 1.29 is 18.6 Å². The molecule has 42 heavy (non-hydrogen) atoms. The fraction of sp³-hybridized carbons (Fsp3) is 0.531. The van der Waals surface area contributed by atoms with Crippen LogP contribution in [-0.2, 0) is 16.9 Å². The third-order valence-electron chi connectivity index (χ3n) is 9.13. The van der Waals surface area contributed by atoms with Crippen molar-refractivity contribution in [1.29, 1.82) is 0 Å². The van der Waals surface area contributed by atoms with Crippen molar-refractivity contribution in [2.45, 2.75) is 82.6 Å². The molecule has 1 saturated heterocycles. The van der Waals surface area contributed by atoms with Gasteiger partial charge in [0.25, 0.3) is 0 Å². The summed E-state index contributed by atoms with van der Waals surface area (Å²) in [6.45, 7) is 4.40. The van der Waals surface area contributed by atoms with Crippen LogP contribution in [-0.4, -0.2) is 55.5 Å². The Labute approximate surface area is 245 Å². The zero-order chi connectivity index (χ0) is 29.1. The van der Waals surface area contributed by atoms with Crippen molar-refractivity contribution >= 4 is 16.6 Å². The molecule has 1 N–H and O–H groups in total. The van der Waals surface area contributed by atoms with Crippen LogP contribution in [0, 0.1) is 17.6 Å². The van der Waals surface area contributed by atoms with Gasteiger partial charge in [-0.2, -0.15) is 10.2 Å². The van der Waals surface area contributed by atoms with Crippen molar-refractivity contribution in [2.24, 2.45) is 5.92 Å². The Bertz CT molecular complexity index is 1450. The van der Waals surface area contributed by atoms with E-state index in [4.69, 9.17) is 9.84 Å². The molecule has 6 rings (SSSR count). The molecule has 1 unspecified atom stereocenters. The number of aliphatic hydroxyl groups is 1. The van der Waals surface area contributed by atoms with Crippen LogP contribution >= 0.6 is 0 Å². The highest BCUT2D eigenvalue weighted by molar-refractivity contribution is 5.82. The molecule has 1 aliphatic heterocycles. The molecule has 8 nitrogen and oxygen atoms in total. The summed E-state index contributed by atoms with van der Waals surface area (Å²) in [5, 5.41) is 21.9. The first kappa shape index (κ1) is 28.7. The molecule has 0 radical (unpaired) electrons. The lowest BCUT2D eigenvalue weighted by Crippen LogP contribution is -2.40. The van der Waals surface area contributed by atoms with Crippen molar-refractivity contribution in [3.8, 4) is 0 Å². The molecule has 10 heteroatoms. The zero-order valence-electron chi connectivity index (χ0n) is 24.2. The molecule has 2 aromatic carbocycles. The van der Waals surface area contributed by atoms with Gasteiger partial charge in [0.15, 0.2) is 0 Å². The third-order valence-corrected chi connectivity index (χ3v) is 9.13. The van der Waals surface area contributed by atoms with Crippen LogP contribution in [0.5, 0.6) is 0 Å².